The Balaban J connectivity index is 2.84. The van der Waals surface area contributed by atoms with Crippen LogP contribution in [0.25, 0.3) is 0 Å². The van der Waals surface area contributed by atoms with E-state index in [1.54, 1.807) is 7.11 Å². The second-order valence-electron chi connectivity index (χ2n) is 6.00. The summed E-state index contributed by atoms with van der Waals surface area (Å²) in [7, 11) is 3.63. The fourth-order valence-electron chi connectivity index (χ4n) is 1.97. The number of hydrogen-bond donors (Lipinski definition) is 1. The lowest BCUT2D eigenvalue weighted by Gasteiger charge is -2.24. The van der Waals surface area contributed by atoms with Gasteiger partial charge in [-0.15, -0.1) is 0 Å². The van der Waals surface area contributed by atoms with Crippen molar-refractivity contribution in [1.82, 2.24) is 5.32 Å². The Kier molecular flexibility index (Phi) is 5.83. The van der Waals surface area contributed by atoms with Crippen molar-refractivity contribution in [2.24, 2.45) is 0 Å². The molecule has 19 heavy (non-hydrogen) atoms. The third-order valence-electron chi connectivity index (χ3n) is 3.16. The zero-order valence-electron chi connectivity index (χ0n) is 13.0. The van der Waals surface area contributed by atoms with Crippen LogP contribution in [0.5, 0.6) is 5.75 Å². The van der Waals surface area contributed by atoms with Crippen molar-refractivity contribution in [2.75, 3.05) is 27.4 Å². The van der Waals surface area contributed by atoms with E-state index in [0.717, 1.165) is 5.75 Å². The van der Waals surface area contributed by atoms with Crippen molar-refractivity contribution >= 4 is 0 Å². The fourth-order valence-corrected chi connectivity index (χ4v) is 1.97. The summed E-state index contributed by atoms with van der Waals surface area (Å²) < 4.78 is 11.2. The van der Waals surface area contributed by atoms with Crippen LogP contribution in [0.4, 0.5) is 0 Å². The van der Waals surface area contributed by atoms with Gasteiger partial charge in [0.15, 0.2) is 0 Å². The molecule has 1 aromatic rings. The minimum absolute atomic E-state index is 0.0828. The van der Waals surface area contributed by atoms with Crippen molar-refractivity contribution in [3.8, 4) is 5.75 Å². The van der Waals surface area contributed by atoms with E-state index in [-0.39, 0.29) is 11.5 Å². The summed E-state index contributed by atoms with van der Waals surface area (Å²) in [5.74, 6) is 0.976. The second-order valence-corrected chi connectivity index (χ2v) is 6.00. The molecule has 0 radical (unpaired) electrons. The molecule has 3 nitrogen and oxygen atoms in total. The lowest BCUT2D eigenvalue weighted by atomic mass is 9.86. The minimum atomic E-state index is 0.0828. The topological polar surface area (TPSA) is 30.5 Å². The zero-order chi connectivity index (χ0) is 14.5. The average molecular weight is 265 g/mol. The second kappa shape index (κ2) is 6.92. The molecule has 0 aromatic heterocycles. The molecule has 0 saturated carbocycles. The van der Waals surface area contributed by atoms with Gasteiger partial charge in [-0.2, -0.15) is 0 Å². The third-order valence-corrected chi connectivity index (χ3v) is 3.16. The van der Waals surface area contributed by atoms with E-state index in [4.69, 9.17) is 9.47 Å². The van der Waals surface area contributed by atoms with Crippen LogP contribution < -0.4 is 10.1 Å². The first-order valence-electron chi connectivity index (χ1n) is 6.78. The van der Waals surface area contributed by atoms with Crippen molar-refractivity contribution in [3.63, 3.8) is 0 Å². The van der Waals surface area contributed by atoms with Gasteiger partial charge < -0.3 is 14.8 Å². The van der Waals surface area contributed by atoms with Crippen LogP contribution in [-0.2, 0) is 10.2 Å². The van der Waals surface area contributed by atoms with Gasteiger partial charge in [0.2, 0.25) is 0 Å². The predicted octanol–water partition coefficient (Wildman–Crippen LogP) is 2.91. The van der Waals surface area contributed by atoms with Gasteiger partial charge in [0.05, 0.1) is 12.6 Å². The summed E-state index contributed by atoms with van der Waals surface area (Å²) in [5, 5.41) is 3.20. The van der Waals surface area contributed by atoms with Crippen LogP contribution in [0.15, 0.2) is 18.2 Å². The summed E-state index contributed by atoms with van der Waals surface area (Å²) in [5.41, 5.74) is 2.54. The number of hydrogen-bond acceptors (Lipinski definition) is 3. The first-order chi connectivity index (χ1) is 8.88. The lowest BCUT2D eigenvalue weighted by Crippen LogP contribution is -2.36. The molecular weight excluding hydrogens is 238 g/mol. The Morgan fingerprint density at radius 2 is 1.89 bits per heavy atom. The van der Waals surface area contributed by atoms with E-state index in [1.807, 2.05) is 7.05 Å². The standard InChI is InChI=1S/C16H27NO2/c1-12-7-8-14(16(2,3)4)15(9-12)19-11-13(17-5)10-18-6/h7-9,13,17H,10-11H2,1-6H3. The molecule has 0 aliphatic rings. The summed E-state index contributed by atoms with van der Waals surface area (Å²) in [6.45, 7) is 9.95. The van der Waals surface area contributed by atoms with Gasteiger partial charge in [0.1, 0.15) is 12.4 Å². The van der Waals surface area contributed by atoms with Crippen molar-refractivity contribution in [2.45, 2.75) is 39.2 Å². The number of nitrogens with one attached hydrogen (secondary N) is 1. The van der Waals surface area contributed by atoms with Crippen molar-refractivity contribution < 1.29 is 9.47 Å². The van der Waals surface area contributed by atoms with E-state index in [1.165, 1.54) is 11.1 Å². The maximum absolute atomic E-state index is 6.01. The summed E-state index contributed by atoms with van der Waals surface area (Å²) in [6, 6.07) is 6.62. The minimum Gasteiger partial charge on any atom is -0.492 e. The molecule has 1 aromatic carbocycles. The number of benzene rings is 1. The highest BCUT2D eigenvalue weighted by molar-refractivity contribution is 5.41. The molecule has 0 spiro atoms. The molecule has 0 fully saturated rings. The highest BCUT2D eigenvalue weighted by Gasteiger charge is 2.19. The van der Waals surface area contributed by atoms with E-state index in [9.17, 15) is 0 Å². The lowest BCUT2D eigenvalue weighted by molar-refractivity contribution is 0.139. The third kappa shape index (κ3) is 4.84. The number of rotatable bonds is 6. The van der Waals surface area contributed by atoms with Crippen LogP contribution in [0.1, 0.15) is 31.9 Å². The zero-order valence-corrected chi connectivity index (χ0v) is 13.0. The van der Waals surface area contributed by atoms with Crippen LogP contribution in [-0.4, -0.2) is 33.4 Å². The van der Waals surface area contributed by atoms with Gasteiger partial charge in [-0.1, -0.05) is 32.9 Å². The first kappa shape index (κ1) is 16.0. The Morgan fingerprint density at radius 3 is 2.42 bits per heavy atom. The molecule has 3 heteroatoms. The highest BCUT2D eigenvalue weighted by atomic mass is 16.5. The van der Waals surface area contributed by atoms with Gasteiger partial charge in [-0.3, -0.25) is 0 Å². The highest BCUT2D eigenvalue weighted by Crippen LogP contribution is 2.32. The monoisotopic (exact) mass is 265 g/mol. The Hall–Kier alpha value is -1.06. The van der Waals surface area contributed by atoms with Crippen molar-refractivity contribution in [1.29, 1.82) is 0 Å². The first-order valence-corrected chi connectivity index (χ1v) is 6.78. The fraction of sp³-hybridized carbons (Fsp3) is 0.625. The smallest absolute Gasteiger partial charge is 0.123 e. The van der Waals surface area contributed by atoms with Gasteiger partial charge in [-0.05, 0) is 36.6 Å². The molecular formula is C16H27NO2. The normalized spacial score (nSPS) is 13.4. The SMILES string of the molecule is CNC(COC)COc1cc(C)ccc1C(C)(C)C. The van der Waals surface area contributed by atoms with Crippen LogP contribution in [0.3, 0.4) is 0 Å². The van der Waals surface area contributed by atoms with Gasteiger partial charge in [-0.25, -0.2) is 0 Å². The van der Waals surface area contributed by atoms with E-state index < -0.39 is 0 Å². The summed E-state index contributed by atoms with van der Waals surface area (Å²) in [4.78, 5) is 0. The molecule has 0 aliphatic carbocycles. The summed E-state index contributed by atoms with van der Waals surface area (Å²) in [6.07, 6.45) is 0. The predicted molar refractivity (Wildman–Crippen MR) is 80.1 cm³/mol. The van der Waals surface area contributed by atoms with Gasteiger partial charge in [0.25, 0.3) is 0 Å². The van der Waals surface area contributed by atoms with Crippen LogP contribution in [0.2, 0.25) is 0 Å². The molecule has 1 rings (SSSR count). The quantitative estimate of drug-likeness (QED) is 0.858. The van der Waals surface area contributed by atoms with E-state index in [2.05, 4.69) is 51.2 Å². The molecule has 0 heterocycles. The Bertz CT molecular complexity index is 396. The van der Waals surface area contributed by atoms with Gasteiger partial charge >= 0.3 is 0 Å². The van der Waals surface area contributed by atoms with Gasteiger partial charge in [0, 0.05) is 7.11 Å². The average Bonchev–Trinajstić information content (AvgIpc) is 2.33. The Labute approximate surface area is 117 Å². The molecule has 0 saturated heterocycles. The number of methoxy groups -OCH3 is 1. The summed E-state index contributed by atoms with van der Waals surface area (Å²) >= 11 is 0. The maximum Gasteiger partial charge on any atom is 0.123 e. The molecule has 0 aliphatic heterocycles. The molecule has 1 atom stereocenters. The van der Waals surface area contributed by atoms with E-state index >= 15 is 0 Å². The van der Waals surface area contributed by atoms with Crippen LogP contribution >= 0.6 is 0 Å². The molecule has 1 N–H and O–H groups in total. The molecule has 108 valence electrons. The van der Waals surface area contributed by atoms with E-state index in [0.29, 0.717) is 13.2 Å². The van der Waals surface area contributed by atoms with Crippen molar-refractivity contribution in [3.05, 3.63) is 29.3 Å². The number of aryl methyl sites for hydroxylation is 1. The maximum atomic E-state index is 6.01. The molecule has 1 unspecified atom stereocenters. The van der Waals surface area contributed by atoms with Crippen LogP contribution in [0, 0.1) is 6.92 Å². The largest absolute Gasteiger partial charge is 0.492 e. The molecule has 0 amide bonds. The number of likely N-dealkylation sites (N-methyl/N-ethyl adjacent to an activating group) is 1. The molecule has 0 bridgehead atoms. The number of ether oxygens (including phenoxy) is 2. The Morgan fingerprint density at radius 1 is 1.21 bits per heavy atom.